The Morgan fingerprint density at radius 1 is 1.64 bits per heavy atom. The molecule has 1 amide bonds. The van der Waals surface area contributed by atoms with Gasteiger partial charge in [0, 0.05) is 0 Å². The van der Waals surface area contributed by atoms with E-state index in [-0.39, 0.29) is 5.91 Å². The van der Waals surface area contributed by atoms with Crippen molar-refractivity contribution >= 4 is 5.91 Å². The Morgan fingerprint density at radius 2 is 2.09 bits per heavy atom. The largest absolute Gasteiger partial charge is 0.368 e. The van der Waals surface area contributed by atoms with Crippen LogP contribution in [0.5, 0.6) is 0 Å². The first kappa shape index (κ1) is 10.4. The number of carbonyl (C=O) groups is 1. The van der Waals surface area contributed by atoms with Gasteiger partial charge in [0.05, 0.1) is 5.54 Å². The van der Waals surface area contributed by atoms with E-state index in [1.165, 1.54) is 0 Å². The second-order valence-electron chi connectivity index (χ2n) is 3.04. The molecule has 0 rings (SSSR count). The van der Waals surface area contributed by atoms with E-state index in [9.17, 15) is 4.79 Å². The molecular formula is C8H17N2O. The number of amides is 1. The third-order valence-electron chi connectivity index (χ3n) is 1.98. The zero-order valence-corrected chi connectivity index (χ0v) is 7.55. The van der Waals surface area contributed by atoms with Gasteiger partial charge in [-0.05, 0) is 27.4 Å². The Hall–Kier alpha value is -0.570. The molecule has 0 aromatic heterocycles. The van der Waals surface area contributed by atoms with Crippen molar-refractivity contribution in [2.75, 3.05) is 14.1 Å². The van der Waals surface area contributed by atoms with E-state index >= 15 is 0 Å². The predicted molar refractivity (Wildman–Crippen MR) is 45.9 cm³/mol. The molecule has 0 saturated carbocycles. The number of rotatable bonds is 4. The summed E-state index contributed by atoms with van der Waals surface area (Å²) in [5, 5.41) is 0. The maximum atomic E-state index is 11.0. The van der Waals surface area contributed by atoms with Gasteiger partial charge in [-0.2, -0.15) is 0 Å². The number of primary amides is 1. The number of nitrogens with two attached hydrogens (primary N) is 1. The van der Waals surface area contributed by atoms with Crippen LogP contribution in [0.4, 0.5) is 0 Å². The van der Waals surface area contributed by atoms with Gasteiger partial charge in [-0.25, -0.2) is 0 Å². The van der Waals surface area contributed by atoms with E-state index in [1.54, 1.807) is 4.90 Å². The van der Waals surface area contributed by atoms with Crippen molar-refractivity contribution in [1.82, 2.24) is 4.90 Å². The summed E-state index contributed by atoms with van der Waals surface area (Å²) in [6, 6.07) is 0. The fourth-order valence-electron chi connectivity index (χ4n) is 0.981. The Morgan fingerprint density at radius 3 is 2.18 bits per heavy atom. The van der Waals surface area contributed by atoms with Crippen LogP contribution in [-0.2, 0) is 4.79 Å². The molecule has 0 bridgehead atoms. The molecule has 0 aromatic rings. The molecule has 0 aliphatic heterocycles. The number of hydrogen-bond donors (Lipinski definition) is 1. The summed E-state index contributed by atoms with van der Waals surface area (Å²) in [4.78, 5) is 12.7. The van der Waals surface area contributed by atoms with Crippen molar-refractivity contribution in [3.63, 3.8) is 0 Å². The summed E-state index contributed by atoms with van der Waals surface area (Å²) in [5.41, 5.74) is 4.49. The molecule has 0 aliphatic carbocycles. The van der Waals surface area contributed by atoms with Gasteiger partial charge in [0.15, 0.2) is 0 Å². The smallest absolute Gasteiger partial charge is 0.237 e. The second-order valence-corrected chi connectivity index (χ2v) is 3.04. The summed E-state index contributed by atoms with van der Waals surface area (Å²) in [6.07, 6.45) is 1.61. The summed E-state index contributed by atoms with van der Waals surface area (Å²) < 4.78 is 0. The lowest BCUT2D eigenvalue weighted by molar-refractivity contribution is -0.126. The third-order valence-corrected chi connectivity index (χ3v) is 1.98. The third kappa shape index (κ3) is 2.19. The molecule has 0 aliphatic rings. The number of hydrogen-bond acceptors (Lipinski definition) is 2. The number of likely N-dealkylation sites (N-methyl/N-ethyl adjacent to an activating group) is 1. The lowest BCUT2D eigenvalue weighted by atomic mass is 9.94. The first-order chi connectivity index (χ1) is 4.95. The lowest BCUT2D eigenvalue weighted by Gasteiger charge is -2.32. The molecule has 2 N–H and O–H groups in total. The van der Waals surface area contributed by atoms with Gasteiger partial charge in [0.2, 0.25) is 5.91 Å². The normalized spacial score (nSPS) is 16.5. The first-order valence-corrected chi connectivity index (χ1v) is 3.78. The van der Waals surface area contributed by atoms with Gasteiger partial charge >= 0.3 is 0 Å². The highest BCUT2D eigenvalue weighted by Crippen LogP contribution is 2.16. The van der Waals surface area contributed by atoms with Crippen LogP contribution in [0.3, 0.4) is 0 Å². The Labute approximate surface area is 68.6 Å². The van der Waals surface area contributed by atoms with Crippen LogP contribution in [0.15, 0.2) is 0 Å². The standard InChI is InChI=1S/C8H17N2O/c1-5-6-8(2,7(9)11)10(3)4/h2,5-6H2,1,3-4H3,(H2,9,11). The molecule has 1 unspecified atom stereocenters. The topological polar surface area (TPSA) is 46.3 Å². The minimum absolute atomic E-state index is 0.357. The molecule has 3 heteroatoms. The summed E-state index contributed by atoms with van der Waals surface area (Å²) in [7, 11) is 3.63. The highest BCUT2D eigenvalue weighted by atomic mass is 16.1. The van der Waals surface area contributed by atoms with Crippen molar-refractivity contribution in [2.24, 2.45) is 5.73 Å². The molecule has 3 nitrogen and oxygen atoms in total. The van der Waals surface area contributed by atoms with E-state index in [0.717, 1.165) is 6.42 Å². The maximum absolute atomic E-state index is 11.0. The molecule has 0 saturated heterocycles. The molecule has 0 aromatic carbocycles. The van der Waals surface area contributed by atoms with Crippen LogP contribution in [0, 0.1) is 6.92 Å². The minimum atomic E-state index is -0.727. The summed E-state index contributed by atoms with van der Waals surface area (Å²) >= 11 is 0. The van der Waals surface area contributed by atoms with Crippen LogP contribution in [0.1, 0.15) is 19.8 Å². The van der Waals surface area contributed by atoms with Crippen molar-refractivity contribution in [3.8, 4) is 0 Å². The van der Waals surface area contributed by atoms with E-state index in [4.69, 9.17) is 5.73 Å². The predicted octanol–water partition coefficient (Wildman–Crippen LogP) is 0.406. The van der Waals surface area contributed by atoms with Crippen LogP contribution < -0.4 is 5.73 Å². The van der Waals surface area contributed by atoms with Crippen molar-refractivity contribution in [3.05, 3.63) is 6.92 Å². The number of nitrogens with zero attached hydrogens (tertiary/aromatic N) is 1. The fourth-order valence-corrected chi connectivity index (χ4v) is 0.981. The van der Waals surface area contributed by atoms with Crippen LogP contribution in [-0.4, -0.2) is 30.4 Å². The maximum Gasteiger partial charge on any atom is 0.237 e. The highest BCUT2D eigenvalue weighted by Gasteiger charge is 2.32. The zero-order valence-electron chi connectivity index (χ0n) is 7.55. The SMILES string of the molecule is [CH2]C(CCC)(C(N)=O)N(C)C. The van der Waals surface area contributed by atoms with E-state index < -0.39 is 5.54 Å². The van der Waals surface area contributed by atoms with E-state index in [2.05, 4.69) is 6.92 Å². The Balaban J connectivity index is 4.38. The van der Waals surface area contributed by atoms with Crippen LogP contribution >= 0.6 is 0 Å². The molecule has 1 atom stereocenters. The average Bonchev–Trinajstić information content (AvgIpc) is 1.87. The van der Waals surface area contributed by atoms with Crippen molar-refractivity contribution < 1.29 is 4.79 Å². The van der Waals surface area contributed by atoms with Gasteiger partial charge in [0.25, 0.3) is 0 Å². The van der Waals surface area contributed by atoms with E-state index in [1.807, 2.05) is 21.0 Å². The van der Waals surface area contributed by atoms with Gasteiger partial charge in [-0.3, -0.25) is 9.69 Å². The van der Waals surface area contributed by atoms with Crippen LogP contribution in [0.2, 0.25) is 0 Å². The zero-order chi connectivity index (χ0) is 9.07. The van der Waals surface area contributed by atoms with Crippen molar-refractivity contribution in [1.29, 1.82) is 0 Å². The summed E-state index contributed by atoms with van der Waals surface area (Å²) in [5.74, 6) is -0.357. The fraction of sp³-hybridized carbons (Fsp3) is 0.750. The molecule has 0 fully saturated rings. The van der Waals surface area contributed by atoms with E-state index in [0.29, 0.717) is 6.42 Å². The molecule has 0 spiro atoms. The molecule has 1 radical (unpaired) electrons. The molecule has 65 valence electrons. The highest BCUT2D eigenvalue weighted by molar-refractivity contribution is 5.85. The average molecular weight is 157 g/mol. The van der Waals surface area contributed by atoms with Gasteiger partial charge in [0.1, 0.15) is 0 Å². The molecule has 0 heterocycles. The molecular weight excluding hydrogens is 140 g/mol. The van der Waals surface area contributed by atoms with Crippen molar-refractivity contribution in [2.45, 2.75) is 25.3 Å². The summed E-state index contributed by atoms with van der Waals surface area (Å²) in [6.45, 7) is 5.82. The second kappa shape index (κ2) is 3.72. The minimum Gasteiger partial charge on any atom is -0.368 e. The lowest BCUT2D eigenvalue weighted by Crippen LogP contribution is -2.52. The van der Waals surface area contributed by atoms with Gasteiger partial charge < -0.3 is 5.73 Å². The Kier molecular flexibility index (Phi) is 3.52. The van der Waals surface area contributed by atoms with Gasteiger partial charge in [-0.1, -0.05) is 13.3 Å². The first-order valence-electron chi connectivity index (χ1n) is 3.78. The molecule has 11 heavy (non-hydrogen) atoms. The van der Waals surface area contributed by atoms with Crippen LogP contribution in [0.25, 0.3) is 0 Å². The van der Waals surface area contributed by atoms with Gasteiger partial charge in [-0.15, -0.1) is 0 Å². The quantitative estimate of drug-likeness (QED) is 0.642. The number of carbonyl (C=O) groups excluding carboxylic acids is 1. The Bertz CT molecular complexity index is 145. The monoisotopic (exact) mass is 157 g/mol.